The van der Waals surface area contributed by atoms with Crippen LogP contribution in [0.3, 0.4) is 0 Å². The third-order valence-electron chi connectivity index (χ3n) is 1.43. The molecule has 0 spiro atoms. The van der Waals surface area contributed by atoms with E-state index in [1.807, 2.05) is 5.48 Å². The maximum atomic E-state index is 10.9. The molecular weight excluding hydrogens is 170 g/mol. The van der Waals surface area contributed by atoms with Crippen molar-refractivity contribution in [1.82, 2.24) is 0 Å². The van der Waals surface area contributed by atoms with Crippen molar-refractivity contribution in [2.45, 2.75) is 6.92 Å². The molecule has 72 valence electrons. The summed E-state index contributed by atoms with van der Waals surface area (Å²) < 4.78 is 0. The first-order chi connectivity index (χ1) is 6.25. The largest absolute Gasteiger partial charge is 0.400 e. The van der Waals surface area contributed by atoms with Gasteiger partial charge >= 0.3 is 0 Å². The molecule has 0 aliphatic heterocycles. The Morgan fingerprint density at radius 3 is 2.23 bits per heavy atom. The summed E-state index contributed by atoms with van der Waals surface area (Å²) in [6.45, 7) is 1.45. The van der Waals surface area contributed by atoms with Crippen molar-refractivity contribution in [3.05, 3.63) is 29.8 Å². The van der Waals surface area contributed by atoms with Crippen LogP contribution in [0.2, 0.25) is 0 Å². The van der Waals surface area contributed by atoms with Gasteiger partial charge in [0.2, 0.25) is 0 Å². The lowest BCUT2D eigenvalue weighted by Crippen LogP contribution is -1.99. The molecule has 0 fully saturated rings. The molecule has 0 aliphatic rings. The molecule has 0 unspecified atom stereocenters. The molecule has 0 atom stereocenters. The van der Waals surface area contributed by atoms with Crippen LogP contribution in [0.1, 0.15) is 17.3 Å². The molecule has 4 nitrogen and oxygen atoms in total. The van der Waals surface area contributed by atoms with Crippen LogP contribution < -0.4 is 5.48 Å². The normalized spacial score (nSPS) is 8.31. The molecule has 1 rings (SSSR count). The van der Waals surface area contributed by atoms with Crippen molar-refractivity contribution in [3.63, 3.8) is 0 Å². The molecule has 4 heteroatoms. The third-order valence-corrected chi connectivity index (χ3v) is 1.43. The SMILES string of the molecule is CC(=O)c1ccccc1NO.CO. The highest BCUT2D eigenvalue weighted by Crippen LogP contribution is 2.13. The Hall–Kier alpha value is -1.39. The molecule has 0 saturated heterocycles. The van der Waals surface area contributed by atoms with Gasteiger partial charge in [-0.1, -0.05) is 12.1 Å². The molecule has 0 heterocycles. The zero-order valence-electron chi connectivity index (χ0n) is 7.61. The van der Waals surface area contributed by atoms with E-state index in [0.29, 0.717) is 11.3 Å². The molecule has 0 bridgehead atoms. The summed E-state index contributed by atoms with van der Waals surface area (Å²) in [4.78, 5) is 10.9. The summed E-state index contributed by atoms with van der Waals surface area (Å²) >= 11 is 0. The Kier molecular flexibility index (Phi) is 5.50. The number of rotatable bonds is 2. The van der Waals surface area contributed by atoms with Crippen LogP contribution in [-0.4, -0.2) is 23.2 Å². The Morgan fingerprint density at radius 1 is 1.31 bits per heavy atom. The van der Waals surface area contributed by atoms with Crippen molar-refractivity contribution in [1.29, 1.82) is 0 Å². The van der Waals surface area contributed by atoms with Gasteiger partial charge in [-0.05, 0) is 19.1 Å². The lowest BCUT2D eigenvalue weighted by Gasteiger charge is -2.02. The molecule has 1 aromatic carbocycles. The third kappa shape index (κ3) is 3.23. The van der Waals surface area contributed by atoms with Gasteiger partial charge in [-0.25, -0.2) is 0 Å². The van der Waals surface area contributed by atoms with Crippen LogP contribution in [0.25, 0.3) is 0 Å². The fourth-order valence-electron chi connectivity index (χ4n) is 0.888. The Labute approximate surface area is 76.8 Å². The minimum absolute atomic E-state index is 0.0675. The second kappa shape index (κ2) is 6.16. The van der Waals surface area contributed by atoms with Gasteiger partial charge in [0.25, 0.3) is 0 Å². The molecule has 1 aromatic rings. The lowest BCUT2D eigenvalue weighted by atomic mass is 10.1. The van der Waals surface area contributed by atoms with Crippen LogP contribution >= 0.6 is 0 Å². The van der Waals surface area contributed by atoms with E-state index in [2.05, 4.69) is 0 Å². The van der Waals surface area contributed by atoms with E-state index in [4.69, 9.17) is 10.3 Å². The molecule has 0 amide bonds. The minimum atomic E-state index is -0.0675. The quantitative estimate of drug-likeness (QED) is 0.477. The van der Waals surface area contributed by atoms with Gasteiger partial charge in [0.05, 0.1) is 5.69 Å². The van der Waals surface area contributed by atoms with Gasteiger partial charge in [-0.15, -0.1) is 0 Å². The average Bonchev–Trinajstić information content (AvgIpc) is 2.20. The minimum Gasteiger partial charge on any atom is -0.400 e. The smallest absolute Gasteiger partial charge is 0.161 e. The second-order valence-corrected chi connectivity index (χ2v) is 2.21. The fraction of sp³-hybridized carbons (Fsp3) is 0.222. The van der Waals surface area contributed by atoms with Gasteiger partial charge in [-0.3, -0.25) is 15.5 Å². The van der Waals surface area contributed by atoms with E-state index in [0.717, 1.165) is 7.11 Å². The molecule has 0 radical (unpaired) electrons. The van der Waals surface area contributed by atoms with Crippen LogP contribution in [0.5, 0.6) is 0 Å². The van der Waals surface area contributed by atoms with E-state index >= 15 is 0 Å². The number of para-hydroxylation sites is 1. The number of Topliss-reactive ketones (excluding diaryl/α,β-unsaturated/α-hetero) is 1. The number of aliphatic hydroxyl groups is 1. The number of anilines is 1. The summed E-state index contributed by atoms with van der Waals surface area (Å²) in [6, 6.07) is 6.78. The van der Waals surface area contributed by atoms with Gasteiger partial charge in [-0.2, -0.15) is 0 Å². The molecule has 0 saturated carbocycles. The first-order valence-electron chi connectivity index (χ1n) is 3.70. The maximum Gasteiger partial charge on any atom is 0.161 e. The number of ketones is 1. The molecule has 0 aliphatic carbocycles. The predicted octanol–water partition coefficient (Wildman–Crippen LogP) is 1.30. The van der Waals surface area contributed by atoms with E-state index in [1.165, 1.54) is 6.92 Å². The summed E-state index contributed by atoms with van der Waals surface area (Å²) in [5.41, 5.74) is 2.90. The molecule has 13 heavy (non-hydrogen) atoms. The number of hydrogen-bond donors (Lipinski definition) is 3. The van der Waals surface area contributed by atoms with Crippen LogP contribution in [0, 0.1) is 0 Å². The summed E-state index contributed by atoms with van der Waals surface area (Å²) in [5.74, 6) is -0.0675. The summed E-state index contributed by atoms with van der Waals surface area (Å²) in [5, 5.41) is 15.6. The zero-order valence-corrected chi connectivity index (χ0v) is 7.61. The summed E-state index contributed by atoms with van der Waals surface area (Å²) in [6.07, 6.45) is 0. The van der Waals surface area contributed by atoms with Gasteiger partial charge in [0, 0.05) is 12.7 Å². The van der Waals surface area contributed by atoms with E-state index < -0.39 is 0 Å². The van der Waals surface area contributed by atoms with E-state index in [1.54, 1.807) is 24.3 Å². The van der Waals surface area contributed by atoms with Crippen molar-refractivity contribution < 1.29 is 15.1 Å². The van der Waals surface area contributed by atoms with E-state index in [9.17, 15) is 4.79 Å². The number of benzene rings is 1. The van der Waals surface area contributed by atoms with Gasteiger partial charge in [0.1, 0.15) is 0 Å². The fourth-order valence-corrected chi connectivity index (χ4v) is 0.888. The number of carbonyl (C=O) groups is 1. The predicted molar refractivity (Wildman–Crippen MR) is 50.0 cm³/mol. The molecule has 0 aromatic heterocycles. The molecular formula is C9H13NO3. The second-order valence-electron chi connectivity index (χ2n) is 2.21. The van der Waals surface area contributed by atoms with Crippen molar-refractivity contribution >= 4 is 11.5 Å². The number of aliphatic hydroxyl groups excluding tert-OH is 1. The number of carbonyl (C=O) groups excluding carboxylic acids is 1. The monoisotopic (exact) mass is 183 g/mol. The van der Waals surface area contributed by atoms with Crippen LogP contribution in [-0.2, 0) is 0 Å². The Morgan fingerprint density at radius 2 is 1.85 bits per heavy atom. The average molecular weight is 183 g/mol. The van der Waals surface area contributed by atoms with Crippen molar-refractivity contribution in [2.75, 3.05) is 12.6 Å². The number of hydrogen-bond acceptors (Lipinski definition) is 4. The zero-order chi connectivity index (χ0) is 10.3. The standard InChI is InChI=1S/C8H9NO2.CH4O/c1-6(10)7-4-2-3-5-8(7)9-11;1-2/h2-5,9,11H,1H3;2H,1H3. The van der Waals surface area contributed by atoms with Crippen LogP contribution in [0.15, 0.2) is 24.3 Å². The topological polar surface area (TPSA) is 69.6 Å². The van der Waals surface area contributed by atoms with Crippen LogP contribution in [0.4, 0.5) is 5.69 Å². The highest BCUT2D eigenvalue weighted by molar-refractivity contribution is 5.99. The number of nitrogens with one attached hydrogen (secondary N) is 1. The van der Waals surface area contributed by atoms with Crippen molar-refractivity contribution in [2.24, 2.45) is 0 Å². The van der Waals surface area contributed by atoms with Gasteiger partial charge < -0.3 is 5.11 Å². The Bertz CT molecular complexity index is 273. The lowest BCUT2D eigenvalue weighted by molar-refractivity contribution is 0.101. The highest BCUT2D eigenvalue weighted by atomic mass is 16.5. The molecule has 3 N–H and O–H groups in total. The van der Waals surface area contributed by atoms with E-state index in [-0.39, 0.29) is 5.78 Å². The van der Waals surface area contributed by atoms with Crippen molar-refractivity contribution in [3.8, 4) is 0 Å². The summed E-state index contributed by atoms with van der Waals surface area (Å²) in [7, 11) is 1.00. The maximum absolute atomic E-state index is 10.9. The highest BCUT2D eigenvalue weighted by Gasteiger charge is 2.03. The first kappa shape index (κ1) is 11.6. The van der Waals surface area contributed by atoms with Gasteiger partial charge in [0.15, 0.2) is 5.78 Å². The first-order valence-corrected chi connectivity index (χ1v) is 3.70. The Balaban J connectivity index is 0.000000671.